The lowest BCUT2D eigenvalue weighted by Gasteiger charge is -2.11. The van der Waals surface area contributed by atoms with Crippen molar-refractivity contribution in [3.63, 3.8) is 0 Å². The second kappa shape index (κ2) is 6.81. The highest BCUT2D eigenvalue weighted by Gasteiger charge is 2.20. The molecule has 1 atom stereocenters. The van der Waals surface area contributed by atoms with Crippen LogP contribution in [-0.4, -0.2) is 28.9 Å². The van der Waals surface area contributed by atoms with Crippen molar-refractivity contribution in [1.82, 2.24) is 4.98 Å². The Bertz CT molecular complexity index is 519. The summed E-state index contributed by atoms with van der Waals surface area (Å²) in [5.74, 6) is -0.373. The molecule has 0 aliphatic rings. The van der Waals surface area contributed by atoms with Gasteiger partial charge in [-0.25, -0.2) is 4.98 Å². The maximum absolute atomic E-state index is 12.0. The Hall–Kier alpha value is -1.99. The Balaban J connectivity index is 3.04. The number of aromatic nitrogens is 1. The molecule has 0 aliphatic carbocycles. The largest absolute Gasteiger partial charge is 0.374 e. The first-order valence-electron chi connectivity index (χ1n) is 5.26. The van der Waals surface area contributed by atoms with Gasteiger partial charge in [0.05, 0.1) is 16.8 Å². The van der Waals surface area contributed by atoms with Crippen LogP contribution in [0.1, 0.15) is 17.4 Å². The minimum Gasteiger partial charge on any atom is -0.374 e. The van der Waals surface area contributed by atoms with Crippen LogP contribution in [0.25, 0.3) is 0 Å². The molecular weight excluding hydrogens is 274 g/mol. The van der Waals surface area contributed by atoms with Crippen molar-refractivity contribution in [2.75, 3.05) is 12.4 Å². The normalized spacial score (nSPS) is 12.4. The van der Waals surface area contributed by atoms with E-state index in [1.54, 1.807) is 6.92 Å². The number of Topliss-reactive ketones (excluding diaryl/α,β-unsaturated/α-hetero) is 1. The van der Waals surface area contributed by atoms with Crippen molar-refractivity contribution >= 4 is 23.1 Å². The van der Waals surface area contributed by atoms with Crippen molar-refractivity contribution in [3.8, 4) is 0 Å². The zero-order chi connectivity index (χ0) is 14.4. The van der Waals surface area contributed by atoms with Crippen molar-refractivity contribution in [2.45, 2.75) is 13.0 Å². The summed E-state index contributed by atoms with van der Waals surface area (Å²) in [7, 11) is 1.40. The Morgan fingerprint density at radius 3 is 2.89 bits per heavy atom. The molecule has 102 valence electrons. The van der Waals surface area contributed by atoms with Crippen LogP contribution in [0.3, 0.4) is 0 Å². The minimum atomic E-state index is -0.689. The van der Waals surface area contributed by atoms with E-state index >= 15 is 0 Å². The van der Waals surface area contributed by atoms with Crippen molar-refractivity contribution in [1.29, 1.82) is 0 Å². The SMILES string of the molecule is COC(C)C(=O)c1nc(Cl)ccc1N/C=C/[N+](=O)[O-]. The molecule has 0 saturated heterocycles. The van der Waals surface area contributed by atoms with Gasteiger partial charge in [-0.3, -0.25) is 14.9 Å². The van der Waals surface area contributed by atoms with Gasteiger partial charge in [0.2, 0.25) is 12.0 Å². The molecule has 0 aromatic carbocycles. The van der Waals surface area contributed by atoms with Gasteiger partial charge in [-0.15, -0.1) is 0 Å². The molecule has 19 heavy (non-hydrogen) atoms. The molecule has 0 amide bonds. The van der Waals surface area contributed by atoms with Gasteiger partial charge in [0.15, 0.2) is 0 Å². The van der Waals surface area contributed by atoms with Gasteiger partial charge < -0.3 is 10.1 Å². The van der Waals surface area contributed by atoms with Gasteiger partial charge in [-0.1, -0.05) is 11.6 Å². The zero-order valence-electron chi connectivity index (χ0n) is 10.3. The number of carbonyl (C=O) groups excluding carboxylic acids is 1. The van der Waals surface area contributed by atoms with Crippen molar-refractivity contribution in [3.05, 3.63) is 45.5 Å². The molecule has 0 bridgehead atoms. The van der Waals surface area contributed by atoms with Crippen LogP contribution in [0.4, 0.5) is 5.69 Å². The van der Waals surface area contributed by atoms with Crippen molar-refractivity contribution in [2.24, 2.45) is 0 Å². The lowest BCUT2D eigenvalue weighted by molar-refractivity contribution is -0.402. The number of pyridine rings is 1. The van der Waals surface area contributed by atoms with E-state index in [0.29, 0.717) is 11.9 Å². The number of nitro groups is 1. The van der Waals surface area contributed by atoms with Crippen LogP contribution in [0.15, 0.2) is 24.5 Å². The zero-order valence-corrected chi connectivity index (χ0v) is 11.0. The fourth-order valence-corrected chi connectivity index (χ4v) is 1.37. The number of hydrogen-bond acceptors (Lipinski definition) is 6. The summed E-state index contributed by atoms with van der Waals surface area (Å²) >= 11 is 5.74. The minimum absolute atomic E-state index is 0.0647. The van der Waals surface area contributed by atoms with Gasteiger partial charge in [0, 0.05) is 7.11 Å². The Morgan fingerprint density at radius 2 is 2.32 bits per heavy atom. The fourth-order valence-electron chi connectivity index (χ4n) is 1.23. The molecule has 1 aromatic rings. The highest BCUT2D eigenvalue weighted by molar-refractivity contribution is 6.29. The number of anilines is 1. The molecule has 7 nitrogen and oxygen atoms in total. The average Bonchev–Trinajstić information content (AvgIpc) is 2.38. The number of carbonyl (C=O) groups is 1. The van der Waals surface area contributed by atoms with E-state index in [4.69, 9.17) is 16.3 Å². The summed E-state index contributed by atoms with van der Waals surface area (Å²) < 4.78 is 4.92. The average molecular weight is 286 g/mol. The van der Waals surface area contributed by atoms with E-state index in [9.17, 15) is 14.9 Å². The summed E-state index contributed by atoms with van der Waals surface area (Å²) in [5, 5.41) is 12.9. The lowest BCUT2D eigenvalue weighted by atomic mass is 10.1. The van der Waals surface area contributed by atoms with E-state index in [0.717, 1.165) is 6.20 Å². The fraction of sp³-hybridized carbons (Fsp3) is 0.273. The topological polar surface area (TPSA) is 94.4 Å². The third kappa shape index (κ3) is 4.31. The molecule has 0 radical (unpaired) electrons. The van der Waals surface area contributed by atoms with Crippen LogP contribution >= 0.6 is 11.6 Å². The molecule has 1 unspecified atom stereocenters. The molecule has 0 aliphatic heterocycles. The first-order valence-corrected chi connectivity index (χ1v) is 5.63. The van der Waals surface area contributed by atoms with Gasteiger partial charge in [0.1, 0.15) is 17.0 Å². The number of halogens is 1. The van der Waals surface area contributed by atoms with Gasteiger partial charge in [-0.2, -0.15) is 0 Å². The van der Waals surface area contributed by atoms with E-state index in [1.807, 2.05) is 0 Å². The molecule has 8 heteroatoms. The van der Waals surface area contributed by atoms with E-state index < -0.39 is 11.0 Å². The maximum atomic E-state index is 12.0. The monoisotopic (exact) mass is 285 g/mol. The third-order valence-electron chi connectivity index (χ3n) is 2.25. The number of nitrogens with zero attached hydrogens (tertiary/aromatic N) is 2. The predicted molar refractivity (Wildman–Crippen MR) is 69.8 cm³/mol. The number of hydrogen-bond donors (Lipinski definition) is 1. The third-order valence-corrected chi connectivity index (χ3v) is 2.46. The molecule has 0 fully saturated rings. The summed E-state index contributed by atoms with van der Waals surface area (Å²) in [6.07, 6.45) is 1.12. The second-order valence-electron chi connectivity index (χ2n) is 3.52. The first kappa shape index (κ1) is 15.1. The molecule has 0 saturated carbocycles. The summed E-state index contributed by atoms with van der Waals surface area (Å²) in [6.45, 7) is 1.57. The van der Waals surface area contributed by atoms with Crippen LogP contribution in [0.5, 0.6) is 0 Å². The molecule has 1 rings (SSSR count). The van der Waals surface area contributed by atoms with Gasteiger partial charge in [0.25, 0.3) is 0 Å². The van der Waals surface area contributed by atoms with E-state index in [-0.39, 0.29) is 16.6 Å². The number of rotatable bonds is 6. The Kier molecular flexibility index (Phi) is 5.40. The molecule has 0 spiro atoms. The van der Waals surface area contributed by atoms with E-state index in [1.165, 1.54) is 19.2 Å². The quantitative estimate of drug-likeness (QED) is 0.372. The summed E-state index contributed by atoms with van der Waals surface area (Å²) in [6, 6.07) is 2.98. The van der Waals surface area contributed by atoms with Crippen molar-refractivity contribution < 1.29 is 14.5 Å². The second-order valence-corrected chi connectivity index (χ2v) is 3.91. The molecule has 1 heterocycles. The van der Waals surface area contributed by atoms with Gasteiger partial charge >= 0.3 is 0 Å². The maximum Gasteiger partial charge on any atom is 0.250 e. The van der Waals surface area contributed by atoms with E-state index in [2.05, 4.69) is 10.3 Å². The standard InChI is InChI=1S/C11H12ClN3O4/c1-7(19-2)11(16)10-8(3-4-9(12)14-10)13-5-6-15(17)18/h3-7,13H,1-2H3/b6-5+. The van der Waals surface area contributed by atoms with Crippen LogP contribution in [-0.2, 0) is 4.74 Å². The van der Waals surface area contributed by atoms with Gasteiger partial charge in [-0.05, 0) is 19.1 Å². The number of ether oxygens (including phenoxy) is 1. The Morgan fingerprint density at radius 1 is 1.63 bits per heavy atom. The molecule has 1 aromatic heterocycles. The number of nitrogens with one attached hydrogen (secondary N) is 1. The predicted octanol–water partition coefficient (Wildman–Crippen LogP) is 2.11. The van der Waals surface area contributed by atoms with Crippen LogP contribution < -0.4 is 5.32 Å². The molecular formula is C11H12ClN3O4. The van der Waals surface area contributed by atoms with Crippen LogP contribution in [0.2, 0.25) is 5.15 Å². The summed E-state index contributed by atoms with van der Waals surface area (Å²) in [5.41, 5.74) is 0.381. The smallest absolute Gasteiger partial charge is 0.250 e. The lowest BCUT2D eigenvalue weighted by Crippen LogP contribution is -2.21. The van der Waals surface area contributed by atoms with Crippen LogP contribution in [0, 0.1) is 10.1 Å². The molecule has 1 N–H and O–H groups in total. The summed E-state index contributed by atoms with van der Waals surface area (Å²) in [4.78, 5) is 25.5. The number of ketones is 1. The highest BCUT2D eigenvalue weighted by atomic mass is 35.5. The Labute approximate surface area is 114 Å². The highest BCUT2D eigenvalue weighted by Crippen LogP contribution is 2.19. The first-order chi connectivity index (χ1) is 8.95. The number of methoxy groups -OCH3 is 1.